The average molecular weight is 212 g/mol. The molecule has 0 spiro atoms. The van der Waals surface area contributed by atoms with Crippen molar-refractivity contribution in [1.29, 1.82) is 0 Å². The van der Waals surface area contributed by atoms with Gasteiger partial charge in [-0.15, -0.1) is 0 Å². The van der Waals surface area contributed by atoms with E-state index in [1.165, 1.54) is 0 Å². The minimum absolute atomic E-state index is 0.249. The Bertz CT molecular complexity index is 346. The Morgan fingerprint density at radius 2 is 2.07 bits per heavy atom. The first-order valence-corrected chi connectivity index (χ1v) is 4.89. The largest absolute Gasteiger partial charge is 0.356 e. The summed E-state index contributed by atoms with van der Waals surface area (Å²) in [6.07, 6.45) is 2.82. The quantitative estimate of drug-likeness (QED) is 0.657. The summed E-state index contributed by atoms with van der Waals surface area (Å²) >= 11 is 5.68. The zero-order valence-electron chi connectivity index (χ0n) is 7.61. The molecule has 0 aromatic carbocycles. The van der Waals surface area contributed by atoms with Crippen molar-refractivity contribution in [1.82, 2.24) is 9.97 Å². The van der Waals surface area contributed by atoms with Crippen LogP contribution in [0.3, 0.4) is 0 Å². The van der Waals surface area contributed by atoms with E-state index < -0.39 is 0 Å². The molecule has 14 heavy (non-hydrogen) atoms. The molecule has 0 unspecified atom stereocenters. The summed E-state index contributed by atoms with van der Waals surface area (Å²) in [5.74, 6) is 1.12. The molecule has 1 aromatic heterocycles. The van der Waals surface area contributed by atoms with Crippen molar-refractivity contribution in [3.8, 4) is 0 Å². The van der Waals surface area contributed by atoms with Gasteiger partial charge in [-0.25, -0.2) is 9.97 Å². The van der Waals surface area contributed by atoms with Crippen molar-refractivity contribution in [3.05, 3.63) is 17.5 Å². The first-order valence-electron chi connectivity index (χ1n) is 4.51. The van der Waals surface area contributed by atoms with E-state index in [1.807, 2.05) is 6.07 Å². The highest BCUT2D eigenvalue weighted by Gasteiger charge is 2.17. The molecule has 5 heteroatoms. The molecule has 0 atom stereocenters. The number of nitrogens with zero attached hydrogens (tertiary/aromatic N) is 3. The van der Waals surface area contributed by atoms with Crippen LogP contribution < -0.4 is 4.90 Å². The van der Waals surface area contributed by atoms with Gasteiger partial charge < -0.3 is 4.90 Å². The predicted octanol–water partition coefficient (Wildman–Crippen LogP) is 1.30. The molecular weight excluding hydrogens is 202 g/mol. The zero-order chi connectivity index (χ0) is 9.97. The van der Waals surface area contributed by atoms with Gasteiger partial charge in [-0.1, -0.05) is 0 Å². The maximum absolute atomic E-state index is 11.0. The van der Waals surface area contributed by atoms with E-state index in [1.54, 1.807) is 6.20 Å². The van der Waals surface area contributed by atoms with Gasteiger partial charge in [0, 0.05) is 32.1 Å². The van der Waals surface area contributed by atoms with Crippen LogP contribution in [0.1, 0.15) is 12.8 Å². The van der Waals surface area contributed by atoms with Gasteiger partial charge in [-0.2, -0.15) is 0 Å². The number of rotatable bonds is 1. The molecule has 0 amide bonds. The molecule has 1 aromatic rings. The molecular formula is C9H10ClN3O. The van der Waals surface area contributed by atoms with Gasteiger partial charge in [0.25, 0.3) is 0 Å². The lowest BCUT2D eigenvalue weighted by Crippen LogP contribution is -2.34. The second kappa shape index (κ2) is 3.92. The molecule has 1 aliphatic heterocycles. The third kappa shape index (κ3) is 2.01. The Kier molecular flexibility index (Phi) is 2.63. The maximum Gasteiger partial charge on any atom is 0.224 e. The molecule has 2 rings (SSSR count). The third-order valence-corrected chi connectivity index (χ3v) is 2.44. The Balaban J connectivity index is 2.12. The van der Waals surface area contributed by atoms with Gasteiger partial charge in [-0.05, 0) is 17.7 Å². The van der Waals surface area contributed by atoms with Crippen LogP contribution >= 0.6 is 11.6 Å². The minimum Gasteiger partial charge on any atom is -0.356 e. The van der Waals surface area contributed by atoms with E-state index in [9.17, 15) is 4.79 Å². The van der Waals surface area contributed by atoms with Crippen LogP contribution in [0.25, 0.3) is 0 Å². The van der Waals surface area contributed by atoms with E-state index in [0.29, 0.717) is 18.6 Å². The molecule has 0 bridgehead atoms. The lowest BCUT2D eigenvalue weighted by Gasteiger charge is -2.26. The molecule has 0 radical (unpaired) electrons. The number of piperidine rings is 1. The summed E-state index contributed by atoms with van der Waals surface area (Å²) in [7, 11) is 0. The Morgan fingerprint density at radius 1 is 1.36 bits per heavy atom. The Hall–Kier alpha value is -1.16. The van der Waals surface area contributed by atoms with E-state index >= 15 is 0 Å². The molecule has 74 valence electrons. The molecule has 0 aliphatic carbocycles. The van der Waals surface area contributed by atoms with E-state index in [4.69, 9.17) is 11.6 Å². The lowest BCUT2D eigenvalue weighted by atomic mass is 10.1. The number of aromatic nitrogens is 2. The number of ketones is 1. The van der Waals surface area contributed by atoms with Crippen molar-refractivity contribution < 1.29 is 4.79 Å². The van der Waals surface area contributed by atoms with Crippen molar-refractivity contribution in [2.45, 2.75) is 12.8 Å². The van der Waals surface area contributed by atoms with Gasteiger partial charge in [0.15, 0.2) is 0 Å². The van der Waals surface area contributed by atoms with E-state index in [2.05, 4.69) is 14.9 Å². The van der Waals surface area contributed by atoms with Crippen LogP contribution in [0.15, 0.2) is 12.3 Å². The van der Waals surface area contributed by atoms with Gasteiger partial charge in [0.1, 0.15) is 11.6 Å². The van der Waals surface area contributed by atoms with Gasteiger partial charge >= 0.3 is 0 Å². The van der Waals surface area contributed by atoms with Gasteiger partial charge in [0.2, 0.25) is 5.28 Å². The number of halogens is 1. The fourth-order valence-corrected chi connectivity index (χ4v) is 1.63. The average Bonchev–Trinajstić information content (AvgIpc) is 2.19. The van der Waals surface area contributed by atoms with E-state index in [0.717, 1.165) is 18.9 Å². The van der Waals surface area contributed by atoms with Crippen molar-refractivity contribution >= 4 is 23.2 Å². The molecule has 0 saturated carbocycles. The van der Waals surface area contributed by atoms with Crippen molar-refractivity contribution in [2.24, 2.45) is 0 Å². The highest BCUT2D eigenvalue weighted by atomic mass is 35.5. The Labute approximate surface area is 86.9 Å². The number of hydrogen-bond donors (Lipinski definition) is 0. The summed E-state index contributed by atoms with van der Waals surface area (Å²) < 4.78 is 0. The van der Waals surface area contributed by atoms with Crippen LogP contribution in [-0.4, -0.2) is 28.8 Å². The molecule has 1 aliphatic rings. The second-order valence-electron chi connectivity index (χ2n) is 3.21. The molecule has 4 nitrogen and oxygen atoms in total. The van der Waals surface area contributed by atoms with Crippen LogP contribution in [0, 0.1) is 0 Å². The first-order chi connectivity index (χ1) is 6.75. The van der Waals surface area contributed by atoms with Crippen molar-refractivity contribution in [2.75, 3.05) is 18.0 Å². The smallest absolute Gasteiger partial charge is 0.224 e. The third-order valence-electron chi connectivity index (χ3n) is 2.26. The molecule has 1 saturated heterocycles. The molecule has 0 N–H and O–H groups in total. The van der Waals surface area contributed by atoms with Gasteiger partial charge in [-0.3, -0.25) is 4.79 Å². The number of carbonyl (C=O) groups is 1. The highest BCUT2D eigenvalue weighted by molar-refractivity contribution is 6.28. The first kappa shape index (κ1) is 9.40. The zero-order valence-corrected chi connectivity index (χ0v) is 8.37. The fraction of sp³-hybridized carbons (Fsp3) is 0.444. The standard InChI is InChI=1S/C9H10ClN3O/c10-9-11-4-1-8(12-9)13-5-2-7(14)3-6-13/h1,4H,2-3,5-6H2. The second-order valence-corrected chi connectivity index (χ2v) is 3.55. The van der Waals surface area contributed by atoms with E-state index in [-0.39, 0.29) is 5.28 Å². The number of anilines is 1. The predicted molar refractivity (Wildman–Crippen MR) is 53.5 cm³/mol. The summed E-state index contributed by atoms with van der Waals surface area (Å²) in [5, 5.41) is 0.249. The molecule has 1 fully saturated rings. The monoisotopic (exact) mass is 211 g/mol. The van der Waals surface area contributed by atoms with Gasteiger partial charge in [0.05, 0.1) is 0 Å². The minimum atomic E-state index is 0.249. The summed E-state index contributed by atoms with van der Waals surface area (Å²) in [6, 6.07) is 1.81. The van der Waals surface area contributed by atoms with Crippen LogP contribution in [0.4, 0.5) is 5.82 Å². The number of Topliss-reactive ketones (excluding diaryl/α,β-unsaturated/α-hetero) is 1. The Morgan fingerprint density at radius 3 is 2.71 bits per heavy atom. The number of carbonyl (C=O) groups excluding carboxylic acids is 1. The normalized spacial score (nSPS) is 17.2. The lowest BCUT2D eigenvalue weighted by molar-refractivity contribution is -0.119. The summed E-state index contributed by atoms with van der Waals surface area (Å²) in [4.78, 5) is 21.0. The van der Waals surface area contributed by atoms with Crippen molar-refractivity contribution in [3.63, 3.8) is 0 Å². The van der Waals surface area contributed by atoms with Crippen LogP contribution in [0.2, 0.25) is 5.28 Å². The number of hydrogen-bond acceptors (Lipinski definition) is 4. The fourth-order valence-electron chi connectivity index (χ4n) is 1.49. The highest BCUT2D eigenvalue weighted by Crippen LogP contribution is 2.16. The topological polar surface area (TPSA) is 46.1 Å². The van der Waals surface area contributed by atoms with Crippen LogP contribution in [0.5, 0.6) is 0 Å². The summed E-state index contributed by atoms with van der Waals surface area (Å²) in [5.41, 5.74) is 0. The SMILES string of the molecule is O=C1CCN(c2ccnc(Cl)n2)CC1. The van der Waals surface area contributed by atoms with Crippen LogP contribution in [-0.2, 0) is 4.79 Å². The molecule has 2 heterocycles. The summed E-state index contributed by atoms with van der Waals surface area (Å²) in [6.45, 7) is 1.46. The maximum atomic E-state index is 11.0.